The van der Waals surface area contributed by atoms with E-state index in [4.69, 9.17) is 9.72 Å². The van der Waals surface area contributed by atoms with Crippen LogP contribution in [0.1, 0.15) is 32.3 Å². The second-order valence-corrected chi connectivity index (χ2v) is 7.18. The van der Waals surface area contributed by atoms with E-state index in [-0.39, 0.29) is 6.10 Å². The normalized spacial score (nSPS) is 22.1. The van der Waals surface area contributed by atoms with E-state index in [1.807, 2.05) is 4.90 Å². The summed E-state index contributed by atoms with van der Waals surface area (Å²) in [6, 6.07) is 0. The molecule has 0 aromatic carbocycles. The Balaban J connectivity index is 1.99. The molecule has 0 unspecified atom stereocenters. The van der Waals surface area contributed by atoms with Crippen molar-refractivity contribution < 1.29 is 19.7 Å². The number of aliphatic hydroxyl groups excluding tert-OH is 1. The summed E-state index contributed by atoms with van der Waals surface area (Å²) in [5.41, 5.74) is -0.490. The number of anilines is 2. The Hall–Kier alpha value is -1.93. The van der Waals surface area contributed by atoms with E-state index in [1.54, 1.807) is 20.0 Å². The van der Waals surface area contributed by atoms with Crippen LogP contribution < -0.4 is 9.80 Å². The van der Waals surface area contributed by atoms with Crippen LogP contribution in [-0.4, -0.2) is 71.6 Å². The van der Waals surface area contributed by atoms with E-state index in [2.05, 4.69) is 9.88 Å². The Kier molecular flexibility index (Phi) is 5.10. The maximum atomic E-state index is 11.7. The van der Waals surface area contributed by atoms with Crippen molar-refractivity contribution in [2.75, 3.05) is 49.2 Å². The summed E-state index contributed by atoms with van der Waals surface area (Å²) in [5.74, 6) is 0.290. The third-order valence-corrected chi connectivity index (χ3v) is 4.95. The quantitative estimate of drug-likeness (QED) is 0.816. The van der Waals surface area contributed by atoms with Crippen LogP contribution in [0.4, 0.5) is 11.8 Å². The molecule has 138 valence electrons. The fourth-order valence-corrected chi connectivity index (χ4v) is 3.22. The molecular weight excluding hydrogens is 324 g/mol. The van der Waals surface area contributed by atoms with Crippen molar-refractivity contribution in [2.24, 2.45) is 0 Å². The summed E-state index contributed by atoms with van der Waals surface area (Å²) >= 11 is 0. The predicted octanol–water partition coefficient (Wildman–Crippen LogP) is 0.636. The smallest absolute Gasteiger partial charge is 0.313 e. The molecule has 0 bridgehead atoms. The topological polar surface area (TPSA) is 99.0 Å². The maximum Gasteiger partial charge on any atom is 0.313 e. The number of carbonyl (C=O) groups is 1. The molecule has 1 aromatic heterocycles. The Morgan fingerprint density at radius 2 is 2.00 bits per heavy atom. The van der Waals surface area contributed by atoms with Crippen molar-refractivity contribution in [3.63, 3.8) is 0 Å². The van der Waals surface area contributed by atoms with E-state index in [0.29, 0.717) is 50.2 Å². The Labute approximate surface area is 147 Å². The third kappa shape index (κ3) is 3.69. The van der Waals surface area contributed by atoms with Crippen LogP contribution >= 0.6 is 0 Å². The van der Waals surface area contributed by atoms with E-state index in [0.717, 1.165) is 19.4 Å². The number of hydrogen-bond donors (Lipinski definition) is 2. The highest BCUT2D eigenvalue weighted by Gasteiger charge is 2.35. The number of piperidine rings is 1. The minimum atomic E-state index is -1.09. The van der Waals surface area contributed by atoms with Gasteiger partial charge in [-0.1, -0.05) is 0 Å². The van der Waals surface area contributed by atoms with Gasteiger partial charge in [0.05, 0.1) is 24.7 Å². The lowest BCUT2D eigenvalue weighted by molar-refractivity contribution is -0.142. The zero-order valence-corrected chi connectivity index (χ0v) is 14.8. The van der Waals surface area contributed by atoms with Crippen LogP contribution in [0, 0.1) is 0 Å². The highest BCUT2D eigenvalue weighted by molar-refractivity contribution is 5.82. The second kappa shape index (κ2) is 7.13. The van der Waals surface area contributed by atoms with Crippen molar-refractivity contribution in [1.82, 2.24) is 9.97 Å². The monoisotopic (exact) mass is 350 g/mol. The molecule has 0 saturated carbocycles. The molecule has 1 atom stereocenters. The van der Waals surface area contributed by atoms with Crippen LogP contribution in [-0.2, 0) is 14.9 Å². The van der Waals surface area contributed by atoms with Gasteiger partial charge in [-0.15, -0.1) is 0 Å². The number of hydrogen-bond acceptors (Lipinski definition) is 7. The number of carboxylic acid groups (broad SMARTS) is 1. The maximum absolute atomic E-state index is 11.7. The first kappa shape index (κ1) is 17.9. The molecule has 0 radical (unpaired) electrons. The van der Waals surface area contributed by atoms with Gasteiger partial charge in [-0.25, -0.2) is 4.98 Å². The van der Waals surface area contributed by atoms with Gasteiger partial charge >= 0.3 is 5.97 Å². The van der Waals surface area contributed by atoms with Crippen LogP contribution in [0.25, 0.3) is 0 Å². The van der Waals surface area contributed by atoms with E-state index in [9.17, 15) is 15.0 Å². The highest BCUT2D eigenvalue weighted by atomic mass is 16.5. The summed E-state index contributed by atoms with van der Waals surface area (Å²) in [4.78, 5) is 24.9. The van der Waals surface area contributed by atoms with Crippen LogP contribution in [0.5, 0.6) is 0 Å². The van der Waals surface area contributed by atoms with Crippen molar-refractivity contribution in [2.45, 2.75) is 38.2 Å². The van der Waals surface area contributed by atoms with Crippen LogP contribution in [0.3, 0.4) is 0 Å². The van der Waals surface area contributed by atoms with Gasteiger partial charge in [0.25, 0.3) is 0 Å². The molecule has 2 fully saturated rings. The molecule has 0 spiro atoms. The molecule has 3 heterocycles. The van der Waals surface area contributed by atoms with Crippen LogP contribution in [0.15, 0.2) is 6.20 Å². The van der Waals surface area contributed by atoms with E-state index < -0.39 is 11.4 Å². The number of nitrogens with zero attached hydrogens (tertiary/aromatic N) is 4. The minimum absolute atomic E-state index is 0.376. The number of aliphatic carboxylic acids is 1. The zero-order valence-electron chi connectivity index (χ0n) is 14.8. The van der Waals surface area contributed by atoms with Gasteiger partial charge in [-0.05, 0) is 26.7 Å². The van der Waals surface area contributed by atoms with Crippen molar-refractivity contribution in [3.05, 3.63) is 11.8 Å². The van der Waals surface area contributed by atoms with Gasteiger partial charge in [-0.3, -0.25) is 4.79 Å². The fraction of sp³-hybridized carbons (Fsp3) is 0.706. The zero-order chi connectivity index (χ0) is 18.0. The SMILES string of the molecule is CC(C)(C(=O)O)c1cnc(N2CCC[C@H](O)C2)nc1N1CCOCC1. The summed E-state index contributed by atoms with van der Waals surface area (Å²) in [6.07, 6.45) is 2.93. The second-order valence-electron chi connectivity index (χ2n) is 7.18. The number of aromatic nitrogens is 2. The first-order chi connectivity index (χ1) is 11.9. The number of ether oxygens (including phenoxy) is 1. The number of β-amino-alcohol motifs (C(OH)–C–C–N with tert-alkyl or cyclic N) is 1. The lowest BCUT2D eigenvalue weighted by Gasteiger charge is -2.35. The number of morpholine rings is 1. The van der Waals surface area contributed by atoms with Gasteiger partial charge in [0.15, 0.2) is 0 Å². The summed E-state index contributed by atoms with van der Waals surface area (Å²) in [7, 11) is 0. The summed E-state index contributed by atoms with van der Waals surface area (Å²) in [5, 5.41) is 19.5. The number of rotatable bonds is 4. The first-order valence-electron chi connectivity index (χ1n) is 8.76. The molecule has 25 heavy (non-hydrogen) atoms. The largest absolute Gasteiger partial charge is 0.481 e. The molecule has 2 aliphatic rings. The average molecular weight is 350 g/mol. The highest BCUT2D eigenvalue weighted by Crippen LogP contribution is 2.33. The predicted molar refractivity (Wildman–Crippen MR) is 93.2 cm³/mol. The Morgan fingerprint density at radius 3 is 2.64 bits per heavy atom. The Morgan fingerprint density at radius 1 is 1.28 bits per heavy atom. The summed E-state index contributed by atoms with van der Waals surface area (Å²) < 4.78 is 5.41. The van der Waals surface area contributed by atoms with Gasteiger partial charge < -0.3 is 24.7 Å². The molecule has 8 nitrogen and oxygen atoms in total. The lowest BCUT2D eigenvalue weighted by atomic mass is 9.85. The molecule has 0 amide bonds. The van der Waals surface area contributed by atoms with Gasteiger partial charge in [0.1, 0.15) is 5.82 Å². The van der Waals surface area contributed by atoms with Gasteiger partial charge in [0.2, 0.25) is 5.95 Å². The molecule has 3 rings (SSSR count). The van der Waals surface area contributed by atoms with E-state index >= 15 is 0 Å². The molecule has 2 N–H and O–H groups in total. The van der Waals surface area contributed by atoms with Crippen molar-refractivity contribution in [1.29, 1.82) is 0 Å². The Bertz CT molecular complexity index is 631. The fourth-order valence-electron chi connectivity index (χ4n) is 3.22. The minimum Gasteiger partial charge on any atom is -0.481 e. The van der Waals surface area contributed by atoms with Crippen LogP contribution in [0.2, 0.25) is 0 Å². The molecule has 1 aromatic rings. The summed E-state index contributed by atoms with van der Waals surface area (Å²) in [6.45, 7) is 7.16. The third-order valence-electron chi connectivity index (χ3n) is 4.95. The lowest BCUT2D eigenvalue weighted by Crippen LogP contribution is -2.42. The molecule has 2 aliphatic heterocycles. The first-order valence-corrected chi connectivity index (χ1v) is 8.76. The number of aliphatic hydroxyl groups is 1. The van der Waals surface area contributed by atoms with Crippen molar-refractivity contribution in [3.8, 4) is 0 Å². The standard InChI is InChI=1S/C17H26N4O4/c1-17(2,15(23)24)13-10-18-16(21-5-3-4-12(22)11-21)19-14(13)20-6-8-25-9-7-20/h10,12,22H,3-9,11H2,1-2H3,(H,23,24)/t12-/m0/s1. The molecule has 8 heteroatoms. The molecular formula is C17H26N4O4. The number of carboxylic acids is 1. The van der Waals surface area contributed by atoms with Crippen molar-refractivity contribution >= 4 is 17.7 Å². The van der Waals surface area contributed by atoms with Gasteiger partial charge in [-0.2, -0.15) is 4.98 Å². The molecule has 2 saturated heterocycles. The van der Waals surface area contributed by atoms with E-state index in [1.165, 1.54) is 0 Å². The molecule has 0 aliphatic carbocycles. The van der Waals surface area contributed by atoms with Gasteiger partial charge in [0, 0.05) is 37.9 Å². The average Bonchev–Trinajstić information content (AvgIpc) is 2.62.